The molecule has 130 valence electrons. The summed E-state index contributed by atoms with van der Waals surface area (Å²) in [5.41, 5.74) is -2.74. The number of aliphatic carboxylic acids is 1. The first kappa shape index (κ1) is 14.9. The Balaban J connectivity index is 1.75. The van der Waals surface area contributed by atoms with Crippen LogP contribution in [0.25, 0.3) is 0 Å². The molecule has 1 aliphatic heterocycles. The summed E-state index contributed by atoms with van der Waals surface area (Å²) in [7, 11) is 0. The second kappa shape index (κ2) is 3.90. The Morgan fingerprint density at radius 3 is 2.88 bits per heavy atom. The average molecular weight is 332 g/mol. The normalized spacial score (nSPS) is 59.9. The summed E-state index contributed by atoms with van der Waals surface area (Å²) in [5.74, 6) is -1.91. The van der Waals surface area contributed by atoms with E-state index in [2.05, 4.69) is 0 Å². The van der Waals surface area contributed by atoms with Crippen molar-refractivity contribution in [3.8, 4) is 0 Å². The van der Waals surface area contributed by atoms with Gasteiger partial charge in [0.05, 0.1) is 16.9 Å². The molecule has 1 saturated heterocycles. The maximum atomic E-state index is 12.6. The van der Waals surface area contributed by atoms with Crippen molar-refractivity contribution in [3.63, 3.8) is 0 Å². The van der Waals surface area contributed by atoms with Crippen LogP contribution in [-0.2, 0) is 14.3 Å². The van der Waals surface area contributed by atoms with Gasteiger partial charge in [-0.05, 0) is 43.9 Å². The fourth-order valence-corrected chi connectivity index (χ4v) is 7.63. The Morgan fingerprint density at radius 2 is 2.17 bits per heavy atom. The number of carboxylic acid groups (broad SMARTS) is 1. The zero-order valence-corrected chi connectivity index (χ0v) is 14.1. The Kier molecular flexibility index (Phi) is 2.43. The van der Waals surface area contributed by atoms with Crippen molar-refractivity contribution in [1.82, 2.24) is 0 Å². The predicted molar refractivity (Wildman–Crippen MR) is 83.8 cm³/mol. The van der Waals surface area contributed by atoms with Gasteiger partial charge in [0.15, 0.2) is 0 Å². The molecule has 5 nitrogen and oxygen atoms in total. The number of rotatable bonds is 1. The minimum atomic E-state index is -0.850. The van der Waals surface area contributed by atoms with E-state index >= 15 is 0 Å². The summed E-state index contributed by atoms with van der Waals surface area (Å²) in [6.45, 7) is 3.88. The topological polar surface area (TPSA) is 83.8 Å². The lowest BCUT2D eigenvalue weighted by Gasteiger charge is -2.45. The number of hydrogen-bond donors (Lipinski definition) is 2. The van der Waals surface area contributed by atoms with Crippen LogP contribution in [0.1, 0.15) is 46.0 Å². The molecule has 0 amide bonds. The van der Waals surface area contributed by atoms with Crippen LogP contribution in [0.3, 0.4) is 0 Å². The molecule has 4 fully saturated rings. The molecule has 5 rings (SSSR count). The molecular weight excluding hydrogens is 308 g/mol. The lowest BCUT2D eigenvalue weighted by atomic mass is 9.62. The highest BCUT2D eigenvalue weighted by Gasteiger charge is 2.82. The Hall–Kier alpha value is -1.36. The van der Waals surface area contributed by atoms with E-state index in [9.17, 15) is 19.8 Å². The molecule has 1 spiro atoms. The third-order valence-corrected chi connectivity index (χ3v) is 8.40. The molecule has 24 heavy (non-hydrogen) atoms. The third-order valence-electron chi connectivity index (χ3n) is 8.40. The van der Waals surface area contributed by atoms with Crippen molar-refractivity contribution in [1.29, 1.82) is 0 Å². The Labute approximate surface area is 141 Å². The van der Waals surface area contributed by atoms with Crippen LogP contribution >= 0.6 is 0 Å². The predicted octanol–water partition coefficient (Wildman–Crippen LogP) is 2.14. The lowest BCUT2D eigenvalue weighted by molar-refractivity contribution is -0.162. The molecule has 5 heteroatoms. The quantitative estimate of drug-likeness (QED) is 0.568. The van der Waals surface area contributed by atoms with Gasteiger partial charge in [0, 0.05) is 18.3 Å². The van der Waals surface area contributed by atoms with Crippen LogP contribution in [0.4, 0.5) is 0 Å². The van der Waals surface area contributed by atoms with E-state index in [0.717, 1.165) is 12.8 Å². The molecule has 8 atom stereocenters. The van der Waals surface area contributed by atoms with Gasteiger partial charge >= 0.3 is 11.9 Å². The number of ether oxygens (including phenoxy) is 1. The van der Waals surface area contributed by atoms with Crippen LogP contribution in [-0.4, -0.2) is 33.4 Å². The van der Waals surface area contributed by atoms with Gasteiger partial charge in [0.1, 0.15) is 5.60 Å². The first-order chi connectivity index (χ1) is 11.2. The van der Waals surface area contributed by atoms with Crippen molar-refractivity contribution < 1.29 is 24.5 Å². The van der Waals surface area contributed by atoms with Crippen molar-refractivity contribution in [2.45, 2.75) is 57.2 Å². The van der Waals surface area contributed by atoms with Crippen LogP contribution in [0, 0.1) is 34.5 Å². The number of carbonyl (C=O) groups is 2. The average Bonchev–Trinajstić information content (AvgIpc) is 2.88. The molecule has 0 aromatic heterocycles. The Morgan fingerprint density at radius 1 is 1.42 bits per heavy atom. The summed E-state index contributed by atoms with van der Waals surface area (Å²) in [6, 6.07) is 0. The van der Waals surface area contributed by atoms with Gasteiger partial charge in [-0.2, -0.15) is 0 Å². The minimum Gasteiger partial charge on any atom is -0.481 e. The fourth-order valence-electron chi connectivity index (χ4n) is 7.63. The first-order valence-electron chi connectivity index (χ1n) is 9.06. The fraction of sp³-hybridized carbons (Fsp3) is 0.789. The standard InChI is InChI=1S/C19H24O5/c1-10-8-17-9-18(10,23)7-4-11(17)19-6-3-5-16(2,15(22)24-19)13(19)12(17)14(20)21/h3,5,10-13,23H,4,6-9H2,1-2H3,(H,20,21)/t10?,11-,12-,13-,16-,17+,18+,19-/m1/s1. The van der Waals surface area contributed by atoms with E-state index in [1.807, 2.05) is 26.0 Å². The number of carboxylic acids is 1. The van der Waals surface area contributed by atoms with Crippen LogP contribution in [0.15, 0.2) is 12.2 Å². The van der Waals surface area contributed by atoms with Crippen molar-refractivity contribution in [2.24, 2.45) is 34.5 Å². The third kappa shape index (κ3) is 1.29. The molecule has 0 radical (unpaired) electrons. The molecule has 5 aliphatic rings. The monoisotopic (exact) mass is 332 g/mol. The zero-order chi connectivity index (χ0) is 17.1. The maximum absolute atomic E-state index is 12.6. The van der Waals surface area contributed by atoms with Crippen molar-refractivity contribution in [3.05, 3.63) is 12.2 Å². The molecule has 4 bridgehead atoms. The van der Waals surface area contributed by atoms with Crippen molar-refractivity contribution >= 4 is 11.9 Å². The van der Waals surface area contributed by atoms with Gasteiger partial charge in [-0.25, -0.2) is 0 Å². The highest BCUT2D eigenvalue weighted by Crippen LogP contribution is 2.77. The van der Waals surface area contributed by atoms with E-state index in [0.29, 0.717) is 19.3 Å². The molecule has 0 aromatic carbocycles. The molecule has 4 aliphatic carbocycles. The number of hydrogen-bond acceptors (Lipinski definition) is 4. The Bertz CT molecular complexity index is 700. The summed E-state index contributed by atoms with van der Waals surface area (Å²) < 4.78 is 6.02. The molecular formula is C19H24O5. The smallest absolute Gasteiger partial charge is 0.316 e. The van der Waals surface area contributed by atoms with E-state index < -0.39 is 33.9 Å². The van der Waals surface area contributed by atoms with Gasteiger partial charge in [0.25, 0.3) is 0 Å². The first-order valence-corrected chi connectivity index (χ1v) is 9.06. The van der Waals surface area contributed by atoms with Crippen LogP contribution < -0.4 is 0 Å². The summed E-state index contributed by atoms with van der Waals surface area (Å²) >= 11 is 0. The van der Waals surface area contributed by atoms with Crippen LogP contribution in [0.5, 0.6) is 0 Å². The molecule has 2 N–H and O–H groups in total. The number of aliphatic hydroxyl groups is 1. The minimum absolute atomic E-state index is 0.0389. The zero-order valence-electron chi connectivity index (χ0n) is 14.1. The van der Waals surface area contributed by atoms with Crippen molar-refractivity contribution in [2.75, 3.05) is 0 Å². The lowest BCUT2D eigenvalue weighted by Crippen LogP contribution is -2.47. The van der Waals surface area contributed by atoms with E-state index in [1.54, 1.807) is 0 Å². The largest absolute Gasteiger partial charge is 0.481 e. The number of esters is 1. The molecule has 1 heterocycles. The van der Waals surface area contributed by atoms with Gasteiger partial charge in [-0.15, -0.1) is 0 Å². The molecule has 0 aromatic rings. The SMILES string of the molecule is CC1C[C@]23C[C@@]1(O)CC[C@H]2[C@@]12CC=C[C@@](C)(C(=O)O1)[C@H]2[C@@H]3C(=O)O. The molecule has 3 saturated carbocycles. The van der Waals surface area contributed by atoms with Gasteiger partial charge < -0.3 is 14.9 Å². The summed E-state index contributed by atoms with van der Waals surface area (Å²) in [4.78, 5) is 25.0. The summed E-state index contributed by atoms with van der Waals surface area (Å²) in [5, 5.41) is 21.2. The summed E-state index contributed by atoms with van der Waals surface area (Å²) in [6.07, 6.45) is 7.18. The van der Waals surface area contributed by atoms with Crippen LogP contribution in [0.2, 0.25) is 0 Å². The highest BCUT2D eigenvalue weighted by atomic mass is 16.6. The van der Waals surface area contributed by atoms with E-state index in [-0.39, 0.29) is 23.7 Å². The molecule has 1 unspecified atom stereocenters. The van der Waals surface area contributed by atoms with Gasteiger partial charge in [-0.3, -0.25) is 9.59 Å². The second-order valence-electron chi connectivity index (χ2n) is 9.24. The van der Waals surface area contributed by atoms with E-state index in [4.69, 9.17) is 4.74 Å². The van der Waals surface area contributed by atoms with E-state index in [1.165, 1.54) is 0 Å². The highest BCUT2D eigenvalue weighted by molar-refractivity contribution is 5.86. The second-order valence-corrected chi connectivity index (χ2v) is 9.24. The number of fused-ring (bicyclic) bond motifs is 1. The van der Waals surface area contributed by atoms with Gasteiger partial charge in [-0.1, -0.05) is 19.1 Å². The maximum Gasteiger partial charge on any atom is 0.316 e. The number of carbonyl (C=O) groups excluding carboxylic acids is 1. The van der Waals surface area contributed by atoms with Gasteiger partial charge in [0.2, 0.25) is 0 Å².